The third-order valence-corrected chi connectivity index (χ3v) is 3.66. The van der Waals surface area contributed by atoms with Crippen LogP contribution in [0, 0.1) is 0 Å². The van der Waals surface area contributed by atoms with Gasteiger partial charge in [0.15, 0.2) is 0 Å². The molecule has 0 aromatic carbocycles. The van der Waals surface area contributed by atoms with Crippen LogP contribution in [0.2, 0.25) is 0 Å². The Labute approximate surface area is 94.1 Å². The van der Waals surface area contributed by atoms with E-state index in [0.29, 0.717) is 0 Å². The van der Waals surface area contributed by atoms with Crippen LogP contribution in [0.3, 0.4) is 0 Å². The first-order valence-corrected chi connectivity index (χ1v) is 6.89. The van der Waals surface area contributed by atoms with Crippen molar-refractivity contribution in [1.29, 1.82) is 0 Å². The minimum absolute atomic E-state index is 0.732. The first-order valence-electron chi connectivity index (χ1n) is 4.75. The Morgan fingerprint density at radius 2 is 2.21 bits per heavy atom. The fourth-order valence-electron chi connectivity index (χ4n) is 0.959. The minimum Gasteiger partial charge on any atom is -0.397 e. The Kier molecular flexibility index (Phi) is 5.87. The number of aromatic nitrogens is 1. The molecule has 1 heterocycles. The lowest BCUT2D eigenvalue weighted by Gasteiger charge is -2.00. The highest BCUT2D eigenvalue weighted by molar-refractivity contribution is 8.00. The van der Waals surface area contributed by atoms with E-state index >= 15 is 0 Å². The Morgan fingerprint density at radius 3 is 2.86 bits per heavy atom. The molecule has 0 fully saturated rings. The van der Waals surface area contributed by atoms with Crippen LogP contribution in [-0.4, -0.2) is 22.2 Å². The van der Waals surface area contributed by atoms with Crippen molar-refractivity contribution >= 4 is 29.2 Å². The minimum atomic E-state index is 0.732. The lowest BCUT2D eigenvalue weighted by atomic mass is 10.4. The highest BCUT2D eigenvalue weighted by Crippen LogP contribution is 2.17. The fourth-order valence-corrected chi connectivity index (χ4v) is 2.57. The number of pyridine rings is 1. The highest BCUT2D eigenvalue weighted by atomic mass is 32.2. The number of nitrogens with two attached hydrogens (primary N) is 1. The van der Waals surface area contributed by atoms with Crippen LogP contribution in [0.15, 0.2) is 23.4 Å². The van der Waals surface area contributed by atoms with Gasteiger partial charge in [-0.3, -0.25) is 0 Å². The van der Waals surface area contributed by atoms with Gasteiger partial charge in [0.25, 0.3) is 0 Å². The maximum absolute atomic E-state index is 5.55. The Hall–Kier alpha value is -0.350. The molecule has 0 spiro atoms. The highest BCUT2D eigenvalue weighted by Gasteiger charge is 1.95. The molecule has 0 bridgehead atoms. The summed E-state index contributed by atoms with van der Waals surface area (Å²) in [7, 11) is 0. The number of rotatable bonds is 6. The molecule has 0 atom stereocenters. The van der Waals surface area contributed by atoms with E-state index in [-0.39, 0.29) is 0 Å². The summed E-state index contributed by atoms with van der Waals surface area (Å²) in [5, 5.41) is 1.07. The molecule has 2 nitrogen and oxygen atoms in total. The molecule has 1 aromatic heterocycles. The topological polar surface area (TPSA) is 38.9 Å². The van der Waals surface area contributed by atoms with Crippen molar-refractivity contribution in [3.63, 3.8) is 0 Å². The third-order valence-electron chi connectivity index (χ3n) is 1.65. The normalized spacial score (nSPS) is 10.4. The smallest absolute Gasteiger partial charge is 0.0961 e. The van der Waals surface area contributed by atoms with Gasteiger partial charge < -0.3 is 5.73 Å². The van der Waals surface area contributed by atoms with E-state index in [1.165, 1.54) is 17.9 Å². The van der Waals surface area contributed by atoms with E-state index in [0.717, 1.165) is 16.5 Å². The van der Waals surface area contributed by atoms with Crippen LogP contribution in [0.25, 0.3) is 0 Å². The van der Waals surface area contributed by atoms with Gasteiger partial charge in [-0.15, -0.1) is 11.8 Å². The molecule has 0 unspecified atom stereocenters. The molecule has 0 aliphatic rings. The van der Waals surface area contributed by atoms with Gasteiger partial charge in [-0.25, -0.2) is 4.98 Å². The van der Waals surface area contributed by atoms with Crippen LogP contribution in [0.1, 0.15) is 13.3 Å². The van der Waals surface area contributed by atoms with Crippen LogP contribution >= 0.6 is 23.5 Å². The van der Waals surface area contributed by atoms with E-state index < -0.39 is 0 Å². The molecule has 0 saturated heterocycles. The monoisotopic (exact) mass is 228 g/mol. The molecule has 0 aliphatic carbocycles. The molecule has 1 aromatic rings. The number of hydrogen-bond acceptors (Lipinski definition) is 4. The largest absolute Gasteiger partial charge is 0.397 e. The predicted molar refractivity (Wildman–Crippen MR) is 67.0 cm³/mol. The molecule has 2 N–H and O–H groups in total. The third kappa shape index (κ3) is 4.77. The quantitative estimate of drug-likeness (QED) is 0.600. The first kappa shape index (κ1) is 11.7. The molecule has 0 radical (unpaired) electrons. The van der Waals surface area contributed by atoms with Gasteiger partial charge >= 0.3 is 0 Å². The van der Waals surface area contributed by atoms with Gasteiger partial charge in [0.1, 0.15) is 0 Å². The van der Waals surface area contributed by atoms with Gasteiger partial charge in [-0.05, 0) is 30.1 Å². The summed E-state index contributed by atoms with van der Waals surface area (Å²) in [6.45, 7) is 2.19. The van der Waals surface area contributed by atoms with Crippen LogP contribution in [0.5, 0.6) is 0 Å². The predicted octanol–water partition coefficient (Wildman–Crippen LogP) is 2.90. The number of hydrogen-bond donors (Lipinski definition) is 1. The summed E-state index contributed by atoms with van der Waals surface area (Å²) in [5.41, 5.74) is 6.28. The van der Waals surface area contributed by atoms with Crippen LogP contribution in [0.4, 0.5) is 5.69 Å². The Balaban J connectivity index is 2.15. The Morgan fingerprint density at radius 1 is 1.36 bits per heavy atom. The molecule has 0 amide bonds. The Bertz CT molecular complexity index is 249. The van der Waals surface area contributed by atoms with Crippen molar-refractivity contribution in [2.24, 2.45) is 0 Å². The van der Waals surface area contributed by atoms with Gasteiger partial charge in [0, 0.05) is 5.75 Å². The standard InChI is InChI=1S/C10H16N2S2/c1-2-13-6-3-7-14-10-5-4-9(11)8-12-10/h4-5,8H,2-3,6-7,11H2,1H3. The van der Waals surface area contributed by atoms with Gasteiger partial charge in [0.2, 0.25) is 0 Å². The van der Waals surface area contributed by atoms with Crippen molar-refractivity contribution in [2.45, 2.75) is 18.4 Å². The molecular formula is C10H16N2S2. The van der Waals surface area contributed by atoms with Crippen molar-refractivity contribution in [2.75, 3.05) is 23.0 Å². The SMILES string of the molecule is CCSCCCSc1ccc(N)cn1. The van der Waals surface area contributed by atoms with E-state index in [2.05, 4.69) is 11.9 Å². The molecule has 4 heteroatoms. The van der Waals surface area contributed by atoms with E-state index in [4.69, 9.17) is 5.73 Å². The summed E-state index contributed by atoms with van der Waals surface area (Å²) in [5.74, 6) is 3.60. The summed E-state index contributed by atoms with van der Waals surface area (Å²) in [4.78, 5) is 4.23. The average molecular weight is 228 g/mol. The first-order chi connectivity index (χ1) is 6.83. The number of nitrogen functional groups attached to an aromatic ring is 1. The molecule has 1 rings (SSSR count). The lowest BCUT2D eigenvalue weighted by molar-refractivity contribution is 1.09. The van der Waals surface area contributed by atoms with Crippen LogP contribution < -0.4 is 5.73 Å². The van der Waals surface area contributed by atoms with Crippen molar-refractivity contribution in [3.8, 4) is 0 Å². The zero-order valence-electron chi connectivity index (χ0n) is 8.40. The average Bonchev–Trinajstić information content (AvgIpc) is 2.21. The molecule has 14 heavy (non-hydrogen) atoms. The zero-order chi connectivity index (χ0) is 10.2. The number of anilines is 1. The van der Waals surface area contributed by atoms with Crippen molar-refractivity contribution in [3.05, 3.63) is 18.3 Å². The second kappa shape index (κ2) is 7.01. The molecule has 0 saturated carbocycles. The number of thioether (sulfide) groups is 2. The maximum Gasteiger partial charge on any atom is 0.0961 e. The maximum atomic E-state index is 5.55. The summed E-state index contributed by atoms with van der Waals surface area (Å²) >= 11 is 3.79. The molecular weight excluding hydrogens is 212 g/mol. The summed E-state index contributed by atoms with van der Waals surface area (Å²) in [6, 6.07) is 3.88. The summed E-state index contributed by atoms with van der Waals surface area (Å²) < 4.78 is 0. The second-order valence-corrected chi connectivity index (χ2v) is 5.34. The lowest BCUT2D eigenvalue weighted by Crippen LogP contribution is -1.89. The fraction of sp³-hybridized carbons (Fsp3) is 0.500. The van der Waals surface area contributed by atoms with Crippen LogP contribution in [-0.2, 0) is 0 Å². The van der Waals surface area contributed by atoms with Gasteiger partial charge in [0.05, 0.1) is 16.9 Å². The molecule has 0 aliphatic heterocycles. The van der Waals surface area contributed by atoms with E-state index in [1.54, 1.807) is 18.0 Å². The number of nitrogens with zero attached hydrogens (tertiary/aromatic N) is 1. The molecule has 78 valence electrons. The van der Waals surface area contributed by atoms with E-state index in [1.807, 2.05) is 23.9 Å². The van der Waals surface area contributed by atoms with Crippen molar-refractivity contribution in [1.82, 2.24) is 4.98 Å². The van der Waals surface area contributed by atoms with Gasteiger partial charge in [-0.2, -0.15) is 11.8 Å². The summed E-state index contributed by atoms with van der Waals surface area (Å²) in [6.07, 6.45) is 2.96. The van der Waals surface area contributed by atoms with Crippen molar-refractivity contribution < 1.29 is 0 Å². The second-order valence-electron chi connectivity index (χ2n) is 2.83. The zero-order valence-corrected chi connectivity index (χ0v) is 10.0. The van der Waals surface area contributed by atoms with E-state index in [9.17, 15) is 0 Å². The van der Waals surface area contributed by atoms with Gasteiger partial charge in [-0.1, -0.05) is 6.92 Å².